The van der Waals surface area contributed by atoms with Crippen LogP contribution in [0.2, 0.25) is 0 Å². The van der Waals surface area contributed by atoms with Crippen LogP contribution in [0.1, 0.15) is 200 Å². The maximum Gasteiger partial charge on any atom is 0.472 e. The van der Waals surface area contributed by atoms with Crippen molar-refractivity contribution in [3.05, 3.63) is 0 Å². The van der Waals surface area contributed by atoms with E-state index in [0.717, 1.165) is 32.1 Å². The molecule has 0 saturated carbocycles. The molecule has 0 aromatic heterocycles. The molecule has 0 heterocycles. The van der Waals surface area contributed by atoms with Crippen LogP contribution in [0.5, 0.6) is 0 Å². The summed E-state index contributed by atoms with van der Waals surface area (Å²) in [6.07, 6.45) is 30.8. The molecule has 0 radical (unpaired) electrons. The van der Waals surface area contributed by atoms with Crippen LogP contribution in [0, 0.1) is 0 Å². The highest BCUT2D eigenvalue weighted by Crippen LogP contribution is 2.43. The van der Waals surface area contributed by atoms with Crippen LogP contribution in [-0.2, 0) is 32.7 Å². The van der Waals surface area contributed by atoms with Crippen molar-refractivity contribution in [2.24, 2.45) is 0 Å². The molecule has 0 spiro atoms. The van der Waals surface area contributed by atoms with E-state index in [-0.39, 0.29) is 19.4 Å². The number of carbonyl (C=O) groups excluding carboxylic acids is 2. The molecule has 1 unspecified atom stereocenters. The van der Waals surface area contributed by atoms with Crippen molar-refractivity contribution in [3.8, 4) is 0 Å². The zero-order valence-electron chi connectivity index (χ0n) is 32.1. The summed E-state index contributed by atoms with van der Waals surface area (Å²) in [5.74, 6) is -0.914. The third kappa shape index (κ3) is 35.4. The molecule has 0 saturated heterocycles. The van der Waals surface area contributed by atoms with E-state index in [2.05, 4.69) is 18.4 Å². The fourth-order valence-electron chi connectivity index (χ4n) is 5.82. The third-order valence-electron chi connectivity index (χ3n) is 9.01. The largest absolute Gasteiger partial charge is 0.472 e. The zero-order chi connectivity index (χ0) is 37.0. The number of unbranched alkanes of at least 4 members (excludes halogenated alkanes) is 25. The average Bonchev–Trinajstić information content (AvgIpc) is 3.10. The summed E-state index contributed by atoms with van der Waals surface area (Å²) < 4.78 is 32.6. The predicted octanol–water partition coefficient (Wildman–Crippen LogP) is 10.3. The van der Waals surface area contributed by atoms with Crippen molar-refractivity contribution in [2.75, 3.05) is 26.4 Å². The van der Waals surface area contributed by atoms with Crippen molar-refractivity contribution in [2.45, 2.75) is 212 Å². The Morgan fingerprint density at radius 1 is 0.520 bits per heavy atom. The predicted molar refractivity (Wildman–Crippen MR) is 201 cm³/mol. The summed E-state index contributed by atoms with van der Waals surface area (Å²) in [6, 6.07) is 0. The van der Waals surface area contributed by atoms with Crippen molar-refractivity contribution < 1.29 is 47.8 Å². The zero-order valence-corrected chi connectivity index (χ0v) is 33.0. The minimum absolute atomic E-state index is 0.191. The molecule has 0 bridgehead atoms. The van der Waals surface area contributed by atoms with Crippen molar-refractivity contribution in [3.63, 3.8) is 0 Å². The molecule has 50 heavy (non-hydrogen) atoms. The van der Waals surface area contributed by atoms with Gasteiger partial charge in [0.1, 0.15) is 12.7 Å². The lowest BCUT2D eigenvalue weighted by Crippen LogP contribution is -2.29. The highest BCUT2D eigenvalue weighted by Gasteiger charge is 2.27. The third-order valence-corrected chi connectivity index (χ3v) is 9.96. The molecule has 0 amide bonds. The van der Waals surface area contributed by atoms with Gasteiger partial charge in [0.05, 0.1) is 19.8 Å². The van der Waals surface area contributed by atoms with Gasteiger partial charge in [-0.05, 0) is 12.8 Å². The van der Waals surface area contributed by atoms with E-state index in [1.165, 1.54) is 128 Å². The molecule has 0 aliphatic carbocycles. The summed E-state index contributed by atoms with van der Waals surface area (Å²) in [7, 11) is -4.60. The van der Waals surface area contributed by atoms with Gasteiger partial charge in [-0.15, -0.1) is 0 Å². The molecule has 0 rings (SSSR count). The molecular weight excluding hydrogens is 659 g/mol. The van der Waals surface area contributed by atoms with E-state index in [4.69, 9.17) is 19.1 Å². The second-order valence-corrected chi connectivity index (χ2v) is 15.5. The number of rotatable bonds is 39. The van der Waals surface area contributed by atoms with Gasteiger partial charge in [-0.3, -0.25) is 18.6 Å². The van der Waals surface area contributed by atoms with Gasteiger partial charge in [0.2, 0.25) is 0 Å². The Balaban J connectivity index is 4.22. The van der Waals surface area contributed by atoms with Gasteiger partial charge in [0, 0.05) is 12.8 Å². The summed E-state index contributed by atoms with van der Waals surface area (Å²) in [5, 5.41) is 18.3. The molecule has 0 aliphatic rings. The molecule has 0 fully saturated rings. The molecule has 11 heteroatoms. The van der Waals surface area contributed by atoms with Gasteiger partial charge in [-0.2, -0.15) is 0 Å². The fourth-order valence-corrected chi connectivity index (χ4v) is 6.61. The number of hydrogen-bond donors (Lipinski definition) is 3. The Morgan fingerprint density at radius 3 is 1.24 bits per heavy atom. The number of phosphoric acid groups is 1. The van der Waals surface area contributed by atoms with E-state index in [9.17, 15) is 24.2 Å². The maximum absolute atomic E-state index is 12.5. The molecule has 298 valence electrons. The first-order chi connectivity index (χ1) is 24.2. The number of phosphoric ester groups is 1. The van der Waals surface area contributed by atoms with Crippen LogP contribution in [0.3, 0.4) is 0 Å². The minimum atomic E-state index is -4.60. The fraction of sp³-hybridized carbons (Fsp3) is 0.949. The van der Waals surface area contributed by atoms with Crippen LogP contribution in [0.25, 0.3) is 0 Å². The van der Waals surface area contributed by atoms with E-state index < -0.39 is 51.8 Å². The van der Waals surface area contributed by atoms with E-state index >= 15 is 0 Å². The summed E-state index contributed by atoms with van der Waals surface area (Å²) in [6.45, 7) is 2.38. The SMILES string of the molecule is CCCCCCCCCCCCCCCCCCCC(=O)OC[C@@H](COP(=O)(O)OC[C@H](O)CO)OC(=O)CCCCCCCCCCCC. The number of aliphatic hydroxyl groups is 2. The van der Waals surface area contributed by atoms with E-state index in [0.29, 0.717) is 12.8 Å². The Bertz CT molecular complexity index is 812. The lowest BCUT2D eigenvalue weighted by molar-refractivity contribution is -0.161. The number of aliphatic hydroxyl groups excluding tert-OH is 2. The molecule has 3 N–H and O–H groups in total. The normalized spacial score (nSPS) is 13.9. The second kappa shape index (κ2) is 36.3. The first kappa shape index (κ1) is 49.0. The van der Waals surface area contributed by atoms with Crippen LogP contribution >= 0.6 is 7.82 Å². The van der Waals surface area contributed by atoms with Crippen molar-refractivity contribution in [1.82, 2.24) is 0 Å². The number of carbonyl (C=O) groups is 2. The highest BCUT2D eigenvalue weighted by atomic mass is 31.2. The number of ether oxygens (including phenoxy) is 2. The maximum atomic E-state index is 12.5. The van der Waals surface area contributed by atoms with Gasteiger partial charge < -0.3 is 24.6 Å². The summed E-state index contributed by atoms with van der Waals surface area (Å²) in [4.78, 5) is 34.8. The smallest absolute Gasteiger partial charge is 0.462 e. The van der Waals surface area contributed by atoms with Crippen molar-refractivity contribution >= 4 is 19.8 Å². The molecule has 10 nitrogen and oxygen atoms in total. The molecule has 0 aromatic rings. The quantitative estimate of drug-likeness (QED) is 0.0316. The topological polar surface area (TPSA) is 149 Å². The first-order valence-electron chi connectivity index (χ1n) is 20.5. The van der Waals surface area contributed by atoms with Gasteiger partial charge in [-0.1, -0.05) is 174 Å². The van der Waals surface area contributed by atoms with Gasteiger partial charge in [0.15, 0.2) is 6.10 Å². The molecular formula is C39H77O10P. The molecule has 3 atom stereocenters. The standard InChI is InChI=1S/C39H77O10P/c1-3-5-7-9-11-13-15-16-17-18-19-20-21-23-24-26-28-30-38(42)46-34-37(35-48-50(44,45)47-33-36(41)32-40)49-39(43)31-29-27-25-22-14-12-10-8-6-4-2/h36-37,40-41H,3-35H2,1-2H3,(H,44,45)/t36-,37+/m1/s1. The Morgan fingerprint density at radius 2 is 0.860 bits per heavy atom. The van der Waals surface area contributed by atoms with Crippen LogP contribution < -0.4 is 0 Å². The van der Waals surface area contributed by atoms with E-state index in [1.54, 1.807) is 0 Å². The molecule has 0 aliphatic heterocycles. The Labute approximate surface area is 305 Å². The van der Waals surface area contributed by atoms with Crippen LogP contribution in [0.4, 0.5) is 0 Å². The second-order valence-electron chi connectivity index (χ2n) is 14.0. The highest BCUT2D eigenvalue weighted by molar-refractivity contribution is 7.47. The summed E-state index contributed by atoms with van der Waals surface area (Å²) >= 11 is 0. The lowest BCUT2D eigenvalue weighted by atomic mass is 10.0. The Kier molecular flexibility index (Phi) is 35.6. The van der Waals surface area contributed by atoms with Gasteiger partial charge in [-0.25, -0.2) is 4.57 Å². The minimum Gasteiger partial charge on any atom is -0.462 e. The monoisotopic (exact) mass is 737 g/mol. The Hall–Kier alpha value is -1.03. The van der Waals surface area contributed by atoms with Crippen molar-refractivity contribution in [1.29, 1.82) is 0 Å². The first-order valence-corrected chi connectivity index (χ1v) is 22.0. The van der Waals surface area contributed by atoms with Gasteiger partial charge in [0.25, 0.3) is 0 Å². The number of esters is 2. The van der Waals surface area contributed by atoms with Gasteiger partial charge >= 0.3 is 19.8 Å². The number of hydrogen-bond acceptors (Lipinski definition) is 9. The lowest BCUT2D eigenvalue weighted by Gasteiger charge is -2.20. The molecule has 0 aromatic carbocycles. The average molecular weight is 737 g/mol. The summed E-state index contributed by atoms with van der Waals surface area (Å²) in [5.41, 5.74) is 0. The van der Waals surface area contributed by atoms with Crippen LogP contribution in [0.15, 0.2) is 0 Å². The van der Waals surface area contributed by atoms with Crippen LogP contribution in [-0.4, -0.2) is 65.7 Å². The van der Waals surface area contributed by atoms with E-state index in [1.807, 2.05) is 0 Å².